The van der Waals surface area contributed by atoms with Gasteiger partial charge in [0.25, 0.3) is 0 Å². The molecule has 0 aliphatic rings. The molecular weight excluding hydrogens is 276 g/mol. The van der Waals surface area contributed by atoms with E-state index in [9.17, 15) is 9.59 Å². The highest BCUT2D eigenvalue weighted by molar-refractivity contribution is 6.39. The number of aryl methyl sites for hydroxylation is 3. The monoisotopic (exact) mass is 296 g/mol. The molecule has 2 aromatic rings. The molecule has 0 radical (unpaired) electrons. The lowest BCUT2D eigenvalue weighted by Gasteiger charge is -2.10. The molecule has 0 aliphatic carbocycles. The number of amides is 2. The van der Waals surface area contributed by atoms with Gasteiger partial charge in [0.05, 0.1) is 0 Å². The largest absolute Gasteiger partial charge is 0.344 e. The number of hydrogen-bond donors (Lipinski definition) is 2. The summed E-state index contributed by atoms with van der Waals surface area (Å²) in [5, 5.41) is 5.28. The van der Waals surface area contributed by atoms with Crippen LogP contribution in [0.5, 0.6) is 0 Å². The van der Waals surface area contributed by atoms with Crippen molar-refractivity contribution in [1.29, 1.82) is 0 Å². The molecular formula is C18H20N2O2. The first-order valence-electron chi connectivity index (χ1n) is 7.18. The zero-order chi connectivity index (χ0) is 16.1. The van der Waals surface area contributed by atoms with E-state index in [1.165, 1.54) is 0 Å². The first-order valence-corrected chi connectivity index (χ1v) is 7.18. The third kappa shape index (κ3) is 3.95. The maximum Gasteiger partial charge on any atom is 0.313 e. The molecule has 4 heteroatoms. The normalized spacial score (nSPS) is 10.1. The molecule has 0 atom stereocenters. The molecule has 2 aromatic carbocycles. The Morgan fingerprint density at radius 2 is 1.64 bits per heavy atom. The molecule has 22 heavy (non-hydrogen) atoms. The molecule has 114 valence electrons. The van der Waals surface area contributed by atoms with Gasteiger partial charge in [-0.2, -0.15) is 0 Å². The SMILES string of the molecule is Cc1ccc(NC(=O)C(=O)NCc2ccccc2C)c(C)c1. The Bertz CT molecular complexity index is 708. The standard InChI is InChI=1S/C18H20N2O2/c1-12-8-9-16(14(3)10-12)20-18(22)17(21)19-11-15-7-5-4-6-13(15)2/h4-10H,11H2,1-3H3,(H,19,21)(H,20,22). The lowest BCUT2D eigenvalue weighted by Crippen LogP contribution is -2.35. The summed E-state index contributed by atoms with van der Waals surface area (Å²) in [4.78, 5) is 23.8. The number of benzene rings is 2. The van der Waals surface area contributed by atoms with E-state index in [0.717, 1.165) is 22.3 Å². The first kappa shape index (κ1) is 15.8. The third-order valence-electron chi connectivity index (χ3n) is 3.54. The summed E-state index contributed by atoms with van der Waals surface area (Å²) in [6, 6.07) is 13.4. The Labute approximate surface area is 130 Å². The molecule has 4 nitrogen and oxygen atoms in total. The maximum atomic E-state index is 11.9. The minimum atomic E-state index is -0.652. The van der Waals surface area contributed by atoms with Gasteiger partial charge < -0.3 is 10.6 Å². The Kier molecular flexibility index (Phi) is 4.94. The minimum absolute atomic E-state index is 0.339. The highest BCUT2D eigenvalue weighted by Gasteiger charge is 2.14. The summed E-state index contributed by atoms with van der Waals surface area (Å²) in [6.45, 7) is 6.18. The number of hydrogen-bond acceptors (Lipinski definition) is 2. The van der Waals surface area contributed by atoms with Crippen molar-refractivity contribution in [3.05, 3.63) is 64.7 Å². The van der Waals surface area contributed by atoms with E-state index in [2.05, 4.69) is 10.6 Å². The summed E-state index contributed by atoms with van der Waals surface area (Å²) in [7, 11) is 0. The maximum absolute atomic E-state index is 11.9. The number of nitrogens with one attached hydrogen (secondary N) is 2. The Morgan fingerprint density at radius 1 is 0.909 bits per heavy atom. The molecule has 2 N–H and O–H groups in total. The van der Waals surface area contributed by atoms with E-state index in [0.29, 0.717) is 12.2 Å². The van der Waals surface area contributed by atoms with Crippen LogP contribution in [0.15, 0.2) is 42.5 Å². The highest BCUT2D eigenvalue weighted by atomic mass is 16.2. The predicted molar refractivity (Wildman–Crippen MR) is 87.6 cm³/mol. The van der Waals surface area contributed by atoms with E-state index in [1.807, 2.05) is 57.2 Å². The van der Waals surface area contributed by atoms with Crippen LogP contribution in [0.25, 0.3) is 0 Å². The molecule has 0 bridgehead atoms. The van der Waals surface area contributed by atoms with Crippen molar-refractivity contribution >= 4 is 17.5 Å². The first-order chi connectivity index (χ1) is 10.5. The van der Waals surface area contributed by atoms with Crippen molar-refractivity contribution < 1.29 is 9.59 Å². The van der Waals surface area contributed by atoms with Gasteiger partial charge in [0.15, 0.2) is 0 Å². The van der Waals surface area contributed by atoms with Gasteiger partial charge in [-0.3, -0.25) is 9.59 Å². The second-order valence-electron chi connectivity index (χ2n) is 5.38. The topological polar surface area (TPSA) is 58.2 Å². The Morgan fingerprint density at radius 3 is 2.32 bits per heavy atom. The molecule has 0 aliphatic heterocycles. The van der Waals surface area contributed by atoms with Crippen LogP contribution in [0.3, 0.4) is 0 Å². The second kappa shape index (κ2) is 6.89. The molecule has 0 fully saturated rings. The van der Waals surface area contributed by atoms with Crippen LogP contribution in [0, 0.1) is 20.8 Å². The molecule has 0 unspecified atom stereocenters. The number of carbonyl (C=O) groups is 2. The summed E-state index contributed by atoms with van der Waals surface area (Å²) in [6.07, 6.45) is 0. The van der Waals surface area contributed by atoms with E-state index in [-0.39, 0.29) is 0 Å². The van der Waals surface area contributed by atoms with Crippen LogP contribution in [0.2, 0.25) is 0 Å². The van der Waals surface area contributed by atoms with Gasteiger partial charge in [-0.25, -0.2) is 0 Å². The smallest absolute Gasteiger partial charge is 0.313 e. The molecule has 2 rings (SSSR count). The van der Waals surface area contributed by atoms with Gasteiger partial charge >= 0.3 is 11.8 Å². The van der Waals surface area contributed by atoms with Crippen molar-refractivity contribution in [3.8, 4) is 0 Å². The van der Waals surface area contributed by atoms with Gasteiger partial charge in [0.2, 0.25) is 0 Å². The van der Waals surface area contributed by atoms with Gasteiger partial charge in [0, 0.05) is 12.2 Å². The summed E-state index contributed by atoms with van der Waals surface area (Å²) < 4.78 is 0. The molecule has 0 spiro atoms. The number of rotatable bonds is 3. The molecule has 2 amide bonds. The van der Waals surface area contributed by atoms with Crippen LogP contribution in [-0.2, 0) is 16.1 Å². The quantitative estimate of drug-likeness (QED) is 0.856. The van der Waals surface area contributed by atoms with Crippen molar-refractivity contribution in [2.24, 2.45) is 0 Å². The summed E-state index contributed by atoms with van der Waals surface area (Å²) in [5.41, 5.74) is 4.77. The van der Waals surface area contributed by atoms with Crippen molar-refractivity contribution in [2.45, 2.75) is 27.3 Å². The number of anilines is 1. The van der Waals surface area contributed by atoms with E-state index in [1.54, 1.807) is 6.07 Å². The molecule has 0 aromatic heterocycles. The average Bonchev–Trinajstić information content (AvgIpc) is 2.49. The van der Waals surface area contributed by atoms with Gasteiger partial charge in [0.1, 0.15) is 0 Å². The van der Waals surface area contributed by atoms with Crippen molar-refractivity contribution in [2.75, 3.05) is 5.32 Å². The van der Waals surface area contributed by atoms with Crippen LogP contribution >= 0.6 is 0 Å². The van der Waals surface area contributed by atoms with Crippen LogP contribution in [0.4, 0.5) is 5.69 Å². The fraction of sp³-hybridized carbons (Fsp3) is 0.222. The van der Waals surface area contributed by atoms with E-state index in [4.69, 9.17) is 0 Å². The fourth-order valence-electron chi connectivity index (χ4n) is 2.20. The fourth-order valence-corrected chi connectivity index (χ4v) is 2.20. The van der Waals surface area contributed by atoms with Crippen LogP contribution in [0.1, 0.15) is 22.3 Å². The zero-order valence-corrected chi connectivity index (χ0v) is 13.1. The van der Waals surface area contributed by atoms with E-state index >= 15 is 0 Å². The minimum Gasteiger partial charge on any atom is -0.344 e. The lowest BCUT2D eigenvalue weighted by molar-refractivity contribution is -0.136. The highest BCUT2D eigenvalue weighted by Crippen LogP contribution is 2.15. The molecule has 0 saturated heterocycles. The number of carbonyl (C=O) groups excluding carboxylic acids is 2. The van der Waals surface area contributed by atoms with Gasteiger partial charge in [-0.1, -0.05) is 42.0 Å². The second-order valence-corrected chi connectivity index (χ2v) is 5.38. The zero-order valence-electron chi connectivity index (χ0n) is 13.1. The van der Waals surface area contributed by atoms with Crippen LogP contribution in [-0.4, -0.2) is 11.8 Å². The lowest BCUT2D eigenvalue weighted by atomic mass is 10.1. The van der Waals surface area contributed by atoms with Crippen LogP contribution < -0.4 is 10.6 Å². The Hall–Kier alpha value is -2.62. The van der Waals surface area contributed by atoms with Crippen molar-refractivity contribution in [1.82, 2.24) is 5.32 Å². The average molecular weight is 296 g/mol. The predicted octanol–water partition coefficient (Wildman–Crippen LogP) is 2.87. The van der Waals surface area contributed by atoms with Gasteiger partial charge in [-0.05, 0) is 43.5 Å². The van der Waals surface area contributed by atoms with E-state index < -0.39 is 11.8 Å². The van der Waals surface area contributed by atoms with Gasteiger partial charge in [-0.15, -0.1) is 0 Å². The summed E-state index contributed by atoms with van der Waals surface area (Å²) in [5.74, 6) is -1.29. The Balaban J connectivity index is 1.95. The molecule has 0 saturated carbocycles. The third-order valence-corrected chi connectivity index (χ3v) is 3.54. The van der Waals surface area contributed by atoms with Crippen molar-refractivity contribution in [3.63, 3.8) is 0 Å². The molecule has 0 heterocycles. The summed E-state index contributed by atoms with van der Waals surface area (Å²) >= 11 is 0.